The van der Waals surface area contributed by atoms with E-state index in [4.69, 9.17) is 11.6 Å². The summed E-state index contributed by atoms with van der Waals surface area (Å²) in [6.45, 7) is 6.80. The van der Waals surface area contributed by atoms with Crippen molar-refractivity contribution in [3.63, 3.8) is 0 Å². The van der Waals surface area contributed by atoms with Crippen LogP contribution in [0.1, 0.15) is 26.8 Å². The van der Waals surface area contributed by atoms with E-state index >= 15 is 0 Å². The first-order valence-corrected chi connectivity index (χ1v) is 9.63. The summed E-state index contributed by atoms with van der Waals surface area (Å²) in [4.78, 5) is 53.5. The molecule has 1 aliphatic rings. The zero-order valence-electron chi connectivity index (χ0n) is 16.1. The first-order chi connectivity index (χ1) is 13.3. The Morgan fingerprint density at radius 1 is 1.11 bits per heavy atom. The van der Waals surface area contributed by atoms with Crippen LogP contribution in [0.4, 0.5) is 0 Å². The van der Waals surface area contributed by atoms with Gasteiger partial charge in [-0.05, 0) is 32.0 Å². The minimum absolute atomic E-state index is 0.0213. The molecule has 3 rings (SSSR count). The van der Waals surface area contributed by atoms with E-state index < -0.39 is 17.3 Å². The molecule has 9 heteroatoms. The average molecular weight is 407 g/mol. The van der Waals surface area contributed by atoms with Crippen LogP contribution in [0.2, 0.25) is 5.02 Å². The lowest BCUT2D eigenvalue weighted by molar-refractivity contribution is -0.140. The first kappa shape index (κ1) is 20.1. The largest absolute Gasteiger partial charge is 0.339 e. The molecule has 1 aromatic heterocycles. The maximum absolute atomic E-state index is 13.1. The molecule has 8 nitrogen and oxygen atoms in total. The van der Waals surface area contributed by atoms with Gasteiger partial charge >= 0.3 is 5.69 Å². The van der Waals surface area contributed by atoms with E-state index in [9.17, 15) is 19.2 Å². The number of piperazine rings is 1. The standard InChI is InChI=1S/C19H23ClN4O4/c1-4-23-18(27)15-6-5-14(20)11-16(15)24(19(23)28)12(2)17(26)22-9-7-21(8-10-22)13(3)25/h5-6,11-12H,4,7-10H2,1-3H3. The number of fused-ring (bicyclic) bond motifs is 1. The fraction of sp³-hybridized carbons (Fsp3) is 0.474. The van der Waals surface area contributed by atoms with Crippen LogP contribution in [0, 0.1) is 0 Å². The van der Waals surface area contributed by atoms with E-state index in [0.717, 1.165) is 4.57 Å². The van der Waals surface area contributed by atoms with Gasteiger partial charge in [-0.1, -0.05) is 11.6 Å². The zero-order valence-corrected chi connectivity index (χ0v) is 16.9. The van der Waals surface area contributed by atoms with Crippen LogP contribution >= 0.6 is 11.6 Å². The van der Waals surface area contributed by atoms with Gasteiger partial charge in [-0.25, -0.2) is 4.79 Å². The molecule has 2 heterocycles. The van der Waals surface area contributed by atoms with Gasteiger partial charge in [-0.2, -0.15) is 0 Å². The molecule has 150 valence electrons. The predicted molar refractivity (Wildman–Crippen MR) is 107 cm³/mol. The number of carbonyl (C=O) groups is 2. The molecule has 1 fully saturated rings. The van der Waals surface area contributed by atoms with Gasteiger partial charge < -0.3 is 9.80 Å². The number of nitrogens with zero attached hydrogens (tertiary/aromatic N) is 4. The Balaban J connectivity index is 2.04. The van der Waals surface area contributed by atoms with Crippen molar-refractivity contribution in [1.29, 1.82) is 0 Å². The third-order valence-corrected chi connectivity index (χ3v) is 5.46. The van der Waals surface area contributed by atoms with Crippen LogP contribution in [0.25, 0.3) is 10.9 Å². The van der Waals surface area contributed by atoms with Gasteiger partial charge in [-0.3, -0.25) is 23.5 Å². The Morgan fingerprint density at radius 3 is 2.29 bits per heavy atom. The van der Waals surface area contributed by atoms with E-state index in [1.165, 1.54) is 17.6 Å². The second kappa shape index (κ2) is 7.79. The van der Waals surface area contributed by atoms with Crippen molar-refractivity contribution in [1.82, 2.24) is 18.9 Å². The summed E-state index contributed by atoms with van der Waals surface area (Å²) >= 11 is 6.09. The molecule has 1 aliphatic heterocycles. The number of hydrogen-bond acceptors (Lipinski definition) is 4. The molecule has 0 N–H and O–H groups in total. The van der Waals surface area contributed by atoms with E-state index in [0.29, 0.717) is 42.1 Å². The van der Waals surface area contributed by atoms with Gasteiger partial charge in [-0.15, -0.1) is 0 Å². The van der Waals surface area contributed by atoms with E-state index in [-0.39, 0.29) is 18.4 Å². The molecule has 1 saturated heterocycles. The summed E-state index contributed by atoms with van der Waals surface area (Å²) in [5.74, 6) is -0.250. The van der Waals surface area contributed by atoms with Crippen molar-refractivity contribution in [2.24, 2.45) is 0 Å². The zero-order chi connectivity index (χ0) is 20.6. The topological polar surface area (TPSA) is 84.6 Å². The Labute approximate surface area is 166 Å². The van der Waals surface area contributed by atoms with Crippen LogP contribution in [-0.2, 0) is 16.1 Å². The molecule has 2 amide bonds. The lowest BCUT2D eigenvalue weighted by atomic mass is 10.2. The SMILES string of the molecule is CCn1c(=O)c2ccc(Cl)cc2n(C(C)C(=O)N2CCN(C(C)=O)CC2)c1=O. The number of aromatic nitrogens is 2. The highest BCUT2D eigenvalue weighted by Crippen LogP contribution is 2.20. The lowest BCUT2D eigenvalue weighted by Crippen LogP contribution is -2.52. The third-order valence-electron chi connectivity index (χ3n) is 5.23. The van der Waals surface area contributed by atoms with Gasteiger partial charge in [0.2, 0.25) is 11.8 Å². The van der Waals surface area contributed by atoms with E-state index in [2.05, 4.69) is 0 Å². The highest BCUT2D eigenvalue weighted by atomic mass is 35.5. The number of carbonyl (C=O) groups excluding carboxylic acids is 2. The maximum atomic E-state index is 13.1. The third kappa shape index (κ3) is 3.44. The molecule has 1 unspecified atom stereocenters. The molecule has 0 saturated carbocycles. The number of benzene rings is 1. The number of hydrogen-bond donors (Lipinski definition) is 0. The highest BCUT2D eigenvalue weighted by molar-refractivity contribution is 6.31. The van der Waals surface area contributed by atoms with Crippen LogP contribution < -0.4 is 11.2 Å². The van der Waals surface area contributed by atoms with Gasteiger partial charge in [0.05, 0.1) is 10.9 Å². The minimum Gasteiger partial charge on any atom is -0.339 e. The predicted octanol–water partition coefficient (Wildman–Crippen LogP) is 1.09. The van der Waals surface area contributed by atoms with Crippen molar-refractivity contribution in [2.45, 2.75) is 33.4 Å². The monoisotopic (exact) mass is 406 g/mol. The van der Waals surface area contributed by atoms with Crippen LogP contribution in [0.15, 0.2) is 27.8 Å². The maximum Gasteiger partial charge on any atom is 0.332 e. The summed E-state index contributed by atoms with van der Waals surface area (Å²) < 4.78 is 2.46. The van der Waals surface area contributed by atoms with Crippen LogP contribution in [-0.4, -0.2) is 56.9 Å². The molecule has 0 aliphatic carbocycles. The Bertz CT molecular complexity index is 1050. The Morgan fingerprint density at radius 2 is 1.71 bits per heavy atom. The van der Waals surface area contributed by atoms with E-state index in [1.807, 2.05) is 0 Å². The van der Waals surface area contributed by atoms with Crippen molar-refractivity contribution in [2.75, 3.05) is 26.2 Å². The molecule has 0 radical (unpaired) electrons. The van der Waals surface area contributed by atoms with Crippen molar-refractivity contribution in [3.8, 4) is 0 Å². The van der Waals surface area contributed by atoms with Crippen LogP contribution in [0.5, 0.6) is 0 Å². The molecule has 28 heavy (non-hydrogen) atoms. The van der Waals surface area contributed by atoms with Crippen molar-refractivity contribution < 1.29 is 9.59 Å². The quantitative estimate of drug-likeness (QED) is 0.763. The normalized spacial score (nSPS) is 15.7. The molecule has 0 bridgehead atoms. The second-order valence-corrected chi connectivity index (χ2v) is 7.31. The number of rotatable bonds is 3. The smallest absolute Gasteiger partial charge is 0.332 e. The average Bonchev–Trinajstić information content (AvgIpc) is 2.67. The highest BCUT2D eigenvalue weighted by Gasteiger charge is 2.29. The summed E-state index contributed by atoms with van der Waals surface area (Å²) in [6, 6.07) is 3.89. The van der Waals surface area contributed by atoms with Gasteiger partial charge in [0.25, 0.3) is 5.56 Å². The van der Waals surface area contributed by atoms with Gasteiger partial charge in [0, 0.05) is 44.7 Å². The fourth-order valence-electron chi connectivity index (χ4n) is 3.62. The van der Waals surface area contributed by atoms with Gasteiger partial charge in [0.15, 0.2) is 0 Å². The second-order valence-electron chi connectivity index (χ2n) is 6.87. The molecular formula is C19H23ClN4O4. The summed E-state index contributed by atoms with van der Waals surface area (Å²) in [5.41, 5.74) is -0.592. The van der Waals surface area contributed by atoms with Crippen molar-refractivity contribution in [3.05, 3.63) is 44.1 Å². The molecule has 1 atom stereocenters. The fourth-order valence-corrected chi connectivity index (χ4v) is 3.79. The number of amides is 2. The first-order valence-electron chi connectivity index (χ1n) is 9.25. The molecule has 2 aromatic rings. The lowest BCUT2D eigenvalue weighted by Gasteiger charge is -2.35. The minimum atomic E-state index is -0.809. The number of halogens is 1. The van der Waals surface area contributed by atoms with Crippen LogP contribution in [0.3, 0.4) is 0 Å². The van der Waals surface area contributed by atoms with E-state index in [1.54, 1.807) is 35.8 Å². The summed E-state index contributed by atoms with van der Waals surface area (Å²) in [6.07, 6.45) is 0. The molecular weight excluding hydrogens is 384 g/mol. The Hall–Kier alpha value is -2.61. The summed E-state index contributed by atoms with van der Waals surface area (Å²) in [5, 5.41) is 0.718. The van der Waals surface area contributed by atoms with Crippen molar-refractivity contribution >= 4 is 34.3 Å². The Kier molecular flexibility index (Phi) is 5.60. The molecule has 0 spiro atoms. The molecule has 1 aromatic carbocycles. The summed E-state index contributed by atoms with van der Waals surface area (Å²) in [7, 11) is 0. The van der Waals surface area contributed by atoms with Gasteiger partial charge in [0.1, 0.15) is 6.04 Å².